The average Bonchev–Trinajstić information content (AvgIpc) is 2.78. The number of nitrogens with zero attached hydrogens (tertiary/aromatic N) is 2. The van der Waals surface area contributed by atoms with Gasteiger partial charge >= 0.3 is 0 Å². The number of hydrogen-bond acceptors (Lipinski definition) is 6. The lowest BCUT2D eigenvalue weighted by atomic mass is 10.2. The molecule has 7 N–H and O–H groups in total. The molecule has 0 saturated carbocycles. The second kappa shape index (κ2) is 5.35. The zero-order chi connectivity index (χ0) is 14.8. The molecule has 0 unspecified atom stereocenters. The van der Waals surface area contributed by atoms with Gasteiger partial charge in [-0.15, -0.1) is 0 Å². The Bertz CT molecular complexity index is 751. The predicted octanol–water partition coefficient (Wildman–Crippen LogP) is -0.642. The van der Waals surface area contributed by atoms with Crippen LogP contribution in [0.1, 0.15) is 5.56 Å². The number of anilines is 1. The van der Waals surface area contributed by atoms with Crippen LogP contribution in [0.5, 0.6) is 0 Å². The van der Waals surface area contributed by atoms with E-state index >= 15 is 0 Å². The fraction of sp³-hybridized carbons (Fsp3) is 0.200. The number of sulfonamides is 1. The Labute approximate surface area is 114 Å². The summed E-state index contributed by atoms with van der Waals surface area (Å²) >= 11 is 0. The molecule has 0 aliphatic carbocycles. The van der Waals surface area contributed by atoms with Crippen molar-refractivity contribution < 1.29 is 13.6 Å². The first kappa shape index (κ1) is 14.1. The standard InChI is InChI=1S/C10H14N6O3S/c11-9(16-17)6-2-1-3-7-8(6)15-10(14-7)13-4-5-20(12,18)19/h1-3,17H,4-5H2,(H2,11,16)(H2,12,18,19)(H2,13,14,15). The minimum Gasteiger partial charge on any atom is -0.409 e. The quantitative estimate of drug-likeness (QED) is 0.213. The number of nitrogens with one attached hydrogen (secondary N) is 2. The lowest BCUT2D eigenvalue weighted by molar-refractivity contribution is 0.318. The fourth-order valence-corrected chi connectivity index (χ4v) is 2.07. The molecular weight excluding hydrogens is 284 g/mol. The van der Waals surface area contributed by atoms with Crippen LogP contribution in [0.25, 0.3) is 11.0 Å². The smallest absolute Gasteiger partial charge is 0.210 e. The molecule has 0 aliphatic heterocycles. The van der Waals surface area contributed by atoms with Crippen molar-refractivity contribution in [1.29, 1.82) is 0 Å². The summed E-state index contributed by atoms with van der Waals surface area (Å²) in [5.41, 5.74) is 7.22. The van der Waals surface area contributed by atoms with Gasteiger partial charge in [0.15, 0.2) is 5.84 Å². The molecule has 0 fully saturated rings. The number of para-hydroxylation sites is 1. The van der Waals surface area contributed by atoms with Gasteiger partial charge in [-0.1, -0.05) is 11.2 Å². The highest BCUT2D eigenvalue weighted by atomic mass is 32.2. The van der Waals surface area contributed by atoms with E-state index < -0.39 is 10.0 Å². The summed E-state index contributed by atoms with van der Waals surface area (Å²) in [6.45, 7) is 0.123. The molecule has 108 valence electrons. The Morgan fingerprint density at radius 3 is 2.90 bits per heavy atom. The SMILES string of the molecule is NC(=NO)c1cccc2[nH]c(NCCS(N)(=O)=O)nc12. The molecule has 0 spiro atoms. The Morgan fingerprint density at radius 1 is 1.50 bits per heavy atom. The fourth-order valence-electron chi connectivity index (χ4n) is 1.69. The number of primary sulfonamides is 1. The van der Waals surface area contributed by atoms with Gasteiger partial charge in [0.2, 0.25) is 16.0 Å². The maximum atomic E-state index is 10.8. The van der Waals surface area contributed by atoms with Crippen LogP contribution < -0.4 is 16.2 Å². The molecule has 0 bridgehead atoms. The molecule has 9 nitrogen and oxygen atoms in total. The van der Waals surface area contributed by atoms with Crippen molar-refractivity contribution in [1.82, 2.24) is 9.97 Å². The number of aromatic amines is 1. The molecule has 1 heterocycles. The van der Waals surface area contributed by atoms with Crippen LogP contribution >= 0.6 is 0 Å². The Morgan fingerprint density at radius 2 is 2.25 bits per heavy atom. The molecule has 0 amide bonds. The Hall–Kier alpha value is -2.33. The second-order valence-electron chi connectivity index (χ2n) is 4.07. The Balaban J connectivity index is 2.25. The lowest BCUT2D eigenvalue weighted by Gasteiger charge is -2.00. The van der Waals surface area contributed by atoms with Crippen molar-refractivity contribution in [3.8, 4) is 0 Å². The minimum atomic E-state index is -3.53. The average molecular weight is 298 g/mol. The molecule has 0 aliphatic rings. The first-order chi connectivity index (χ1) is 9.40. The van der Waals surface area contributed by atoms with Crippen LogP contribution in [-0.4, -0.2) is 41.7 Å². The maximum absolute atomic E-state index is 10.8. The normalized spacial score (nSPS) is 12.8. The van der Waals surface area contributed by atoms with Crippen molar-refractivity contribution in [2.24, 2.45) is 16.0 Å². The van der Waals surface area contributed by atoms with Gasteiger partial charge in [0.25, 0.3) is 0 Å². The van der Waals surface area contributed by atoms with Gasteiger partial charge < -0.3 is 21.2 Å². The van der Waals surface area contributed by atoms with Crippen LogP contribution in [0.15, 0.2) is 23.4 Å². The molecule has 0 saturated heterocycles. The van der Waals surface area contributed by atoms with Crippen molar-refractivity contribution >= 4 is 32.8 Å². The number of nitrogens with two attached hydrogens (primary N) is 2. The predicted molar refractivity (Wildman–Crippen MR) is 75.1 cm³/mol. The van der Waals surface area contributed by atoms with Crippen LogP contribution in [0.3, 0.4) is 0 Å². The number of amidine groups is 1. The molecule has 2 aromatic rings. The van der Waals surface area contributed by atoms with Crippen LogP contribution in [0.4, 0.5) is 5.95 Å². The van der Waals surface area contributed by atoms with E-state index in [1.807, 2.05) is 0 Å². The summed E-state index contributed by atoms with van der Waals surface area (Å²) in [5.74, 6) is 0.108. The monoisotopic (exact) mass is 298 g/mol. The molecule has 2 rings (SSSR count). The van der Waals surface area contributed by atoms with E-state index in [0.717, 1.165) is 0 Å². The number of imidazole rings is 1. The third-order valence-corrected chi connectivity index (χ3v) is 3.35. The zero-order valence-electron chi connectivity index (χ0n) is 10.4. The highest BCUT2D eigenvalue weighted by molar-refractivity contribution is 7.89. The molecule has 10 heteroatoms. The van der Waals surface area contributed by atoms with Gasteiger partial charge in [0, 0.05) is 12.1 Å². The van der Waals surface area contributed by atoms with Gasteiger partial charge in [-0.25, -0.2) is 18.5 Å². The number of rotatable bonds is 5. The number of H-pyrrole nitrogens is 1. The highest BCUT2D eigenvalue weighted by Crippen LogP contribution is 2.18. The molecule has 1 aromatic carbocycles. The summed E-state index contributed by atoms with van der Waals surface area (Å²) in [4.78, 5) is 7.18. The van der Waals surface area contributed by atoms with Gasteiger partial charge in [-0.05, 0) is 12.1 Å². The van der Waals surface area contributed by atoms with E-state index in [4.69, 9.17) is 16.1 Å². The molecule has 20 heavy (non-hydrogen) atoms. The molecule has 1 aromatic heterocycles. The number of benzene rings is 1. The number of aromatic nitrogens is 2. The van der Waals surface area contributed by atoms with Crippen molar-refractivity contribution in [2.75, 3.05) is 17.6 Å². The number of fused-ring (bicyclic) bond motifs is 1. The van der Waals surface area contributed by atoms with E-state index in [-0.39, 0.29) is 18.1 Å². The first-order valence-corrected chi connectivity index (χ1v) is 7.33. The van der Waals surface area contributed by atoms with E-state index in [9.17, 15) is 8.42 Å². The van der Waals surface area contributed by atoms with E-state index in [0.29, 0.717) is 22.5 Å². The molecule has 0 radical (unpaired) electrons. The van der Waals surface area contributed by atoms with Crippen LogP contribution in [0, 0.1) is 0 Å². The van der Waals surface area contributed by atoms with Crippen LogP contribution in [0.2, 0.25) is 0 Å². The second-order valence-corrected chi connectivity index (χ2v) is 5.80. The first-order valence-electron chi connectivity index (χ1n) is 5.61. The maximum Gasteiger partial charge on any atom is 0.210 e. The van der Waals surface area contributed by atoms with Crippen molar-refractivity contribution in [3.05, 3.63) is 23.8 Å². The number of oxime groups is 1. The largest absolute Gasteiger partial charge is 0.409 e. The third kappa shape index (κ3) is 3.16. The summed E-state index contributed by atoms with van der Waals surface area (Å²) in [6.07, 6.45) is 0. The van der Waals surface area contributed by atoms with E-state index in [1.165, 1.54) is 0 Å². The van der Waals surface area contributed by atoms with Crippen LogP contribution in [-0.2, 0) is 10.0 Å². The van der Waals surface area contributed by atoms with Gasteiger partial charge in [0.1, 0.15) is 5.52 Å². The summed E-state index contributed by atoms with van der Waals surface area (Å²) in [7, 11) is -3.53. The van der Waals surface area contributed by atoms with Gasteiger partial charge in [-0.3, -0.25) is 0 Å². The molecule has 0 atom stereocenters. The summed E-state index contributed by atoms with van der Waals surface area (Å²) < 4.78 is 21.6. The zero-order valence-corrected chi connectivity index (χ0v) is 11.2. The van der Waals surface area contributed by atoms with Gasteiger partial charge in [0.05, 0.1) is 11.3 Å². The van der Waals surface area contributed by atoms with E-state index in [2.05, 4.69) is 20.4 Å². The molecular formula is C10H14N6O3S. The van der Waals surface area contributed by atoms with Crippen molar-refractivity contribution in [2.45, 2.75) is 0 Å². The lowest BCUT2D eigenvalue weighted by Crippen LogP contribution is -2.22. The van der Waals surface area contributed by atoms with E-state index in [1.54, 1.807) is 18.2 Å². The summed E-state index contributed by atoms with van der Waals surface area (Å²) in [6, 6.07) is 5.15. The third-order valence-electron chi connectivity index (χ3n) is 2.58. The van der Waals surface area contributed by atoms with Crippen molar-refractivity contribution in [3.63, 3.8) is 0 Å². The Kier molecular flexibility index (Phi) is 3.77. The van der Waals surface area contributed by atoms with Gasteiger partial charge in [-0.2, -0.15) is 0 Å². The number of hydrogen-bond donors (Lipinski definition) is 5. The summed E-state index contributed by atoms with van der Waals surface area (Å²) in [5, 5.41) is 19.4. The highest BCUT2D eigenvalue weighted by Gasteiger charge is 2.10. The minimum absolute atomic E-state index is 0.0572. The topological polar surface area (TPSA) is 159 Å².